The lowest BCUT2D eigenvalue weighted by Gasteiger charge is -2.24. The molecule has 1 fully saturated rings. The van der Waals surface area contributed by atoms with E-state index in [9.17, 15) is 0 Å². The van der Waals surface area contributed by atoms with Gasteiger partial charge in [-0.25, -0.2) is 0 Å². The molecule has 0 aliphatic heterocycles. The summed E-state index contributed by atoms with van der Waals surface area (Å²) in [5.74, 6) is 0. The third kappa shape index (κ3) is 2.95. The van der Waals surface area contributed by atoms with E-state index in [1.807, 2.05) is 6.08 Å². The maximum atomic E-state index is 3.67. The van der Waals surface area contributed by atoms with Gasteiger partial charge in [0, 0.05) is 25.2 Å². The van der Waals surface area contributed by atoms with E-state index in [1.165, 1.54) is 12.8 Å². The van der Waals surface area contributed by atoms with E-state index < -0.39 is 0 Å². The normalized spacial score (nSPS) is 19.6. The molecule has 0 aromatic rings. The Labute approximate surface area is 75.6 Å². The number of hydrogen-bond acceptors (Lipinski definition) is 2. The molecule has 1 aliphatic carbocycles. The van der Waals surface area contributed by atoms with Crippen LogP contribution in [0.25, 0.3) is 0 Å². The van der Waals surface area contributed by atoms with Crippen molar-refractivity contribution in [1.82, 2.24) is 10.2 Å². The summed E-state index contributed by atoms with van der Waals surface area (Å²) >= 11 is 0. The molecule has 0 radical (unpaired) electrons. The van der Waals surface area contributed by atoms with Gasteiger partial charge in [-0.2, -0.15) is 0 Å². The maximum absolute atomic E-state index is 3.67. The van der Waals surface area contributed by atoms with Crippen molar-refractivity contribution < 1.29 is 0 Å². The fraction of sp³-hybridized carbons (Fsp3) is 0.800. The van der Waals surface area contributed by atoms with Gasteiger partial charge in [0.15, 0.2) is 0 Å². The van der Waals surface area contributed by atoms with Crippen molar-refractivity contribution in [3.63, 3.8) is 0 Å². The smallest absolute Gasteiger partial charge is 0.0192 e. The van der Waals surface area contributed by atoms with Crippen LogP contribution in [0.15, 0.2) is 12.7 Å². The van der Waals surface area contributed by atoms with Gasteiger partial charge in [0.05, 0.1) is 0 Å². The summed E-state index contributed by atoms with van der Waals surface area (Å²) in [7, 11) is 2.22. The van der Waals surface area contributed by atoms with Crippen molar-refractivity contribution >= 4 is 0 Å². The zero-order valence-corrected chi connectivity index (χ0v) is 8.21. The molecule has 1 N–H and O–H groups in total. The van der Waals surface area contributed by atoms with Crippen LogP contribution in [0.2, 0.25) is 0 Å². The highest BCUT2D eigenvalue weighted by molar-refractivity contribution is 4.86. The van der Waals surface area contributed by atoms with E-state index in [0.717, 1.165) is 19.1 Å². The molecule has 1 aliphatic rings. The lowest BCUT2D eigenvalue weighted by Crippen LogP contribution is -2.39. The zero-order valence-electron chi connectivity index (χ0n) is 8.21. The molecule has 1 saturated carbocycles. The summed E-state index contributed by atoms with van der Waals surface area (Å²) in [6.45, 7) is 7.93. The van der Waals surface area contributed by atoms with Crippen LogP contribution in [0, 0.1) is 0 Å². The Balaban J connectivity index is 2.08. The highest BCUT2D eigenvalue weighted by atomic mass is 15.2. The van der Waals surface area contributed by atoms with Crippen LogP contribution in [-0.2, 0) is 0 Å². The van der Waals surface area contributed by atoms with Gasteiger partial charge >= 0.3 is 0 Å². The molecule has 0 amide bonds. The quantitative estimate of drug-likeness (QED) is 0.474. The second-order valence-electron chi connectivity index (χ2n) is 3.69. The molecule has 0 heterocycles. The average Bonchev–Trinajstić information content (AvgIpc) is 2.86. The van der Waals surface area contributed by atoms with Gasteiger partial charge in [-0.1, -0.05) is 6.08 Å². The molecule has 70 valence electrons. The van der Waals surface area contributed by atoms with E-state index in [-0.39, 0.29) is 0 Å². The number of likely N-dealkylation sites (N-methyl/N-ethyl adjacent to an activating group) is 1. The molecule has 2 nitrogen and oxygen atoms in total. The Morgan fingerprint density at radius 2 is 2.33 bits per heavy atom. The molecule has 1 rings (SSSR count). The van der Waals surface area contributed by atoms with Crippen LogP contribution in [0.5, 0.6) is 0 Å². The minimum Gasteiger partial charge on any atom is -0.312 e. The first-order valence-corrected chi connectivity index (χ1v) is 4.79. The van der Waals surface area contributed by atoms with Crippen LogP contribution in [-0.4, -0.2) is 37.1 Å². The number of rotatable bonds is 6. The summed E-state index contributed by atoms with van der Waals surface area (Å²) in [5.41, 5.74) is 0. The van der Waals surface area contributed by atoms with Gasteiger partial charge in [0.1, 0.15) is 0 Å². The number of hydrogen-bond donors (Lipinski definition) is 1. The molecule has 0 aromatic carbocycles. The summed E-state index contributed by atoms with van der Waals surface area (Å²) in [4.78, 5) is 2.47. The predicted molar refractivity (Wildman–Crippen MR) is 53.3 cm³/mol. The van der Waals surface area contributed by atoms with Crippen LogP contribution >= 0.6 is 0 Å². The van der Waals surface area contributed by atoms with Gasteiger partial charge in [-0.3, -0.25) is 4.90 Å². The summed E-state index contributed by atoms with van der Waals surface area (Å²) in [5, 5.41) is 3.34. The third-order valence-electron chi connectivity index (χ3n) is 2.55. The second kappa shape index (κ2) is 4.63. The van der Waals surface area contributed by atoms with E-state index in [0.29, 0.717) is 6.04 Å². The minimum absolute atomic E-state index is 0.650. The standard InChI is InChI=1S/C10H20N2/c1-4-7-11-8-9(2)12(3)10-5-6-10/h4,9-11H,1,5-8H2,2-3H3. The van der Waals surface area contributed by atoms with Crippen LogP contribution in [0.1, 0.15) is 19.8 Å². The SMILES string of the molecule is C=CCNCC(C)N(C)C1CC1. The first-order chi connectivity index (χ1) is 5.75. The van der Waals surface area contributed by atoms with Gasteiger partial charge in [-0.05, 0) is 26.8 Å². The van der Waals surface area contributed by atoms with Crippen LogP contribution < -0.4 is 5.32 Å². The third-order valence-corrected chi connectivity index (χ3v) is 2.55. The fourth-order valence-electron chi connectivity index (χ4n) is 1.38. The largest absolute Gasteiger partial charge is 0.312 e. The number of nitrogens with zero attached hydrogens (tertiary/aromatic N) is 1. The maximum Gasteiger partial charge on any atom is 0.0192 e. The molecule has 0 bridgehead atoms. The molecule has 0 saturated heterocycles. The average molecular weight is 168 g/mol. The topological polar surface area (TPSA) is 15.3 Å². The molecule has 2 heteroatoms. The van der Waals surface area contributed by atoms with E-state index >= 15 is 0 Å². The molecule has 0 aromatic heterocycles. The van der Waals surface area contributed by atoms with E-state index in [1.54, 1.807) is 0 Å². The van der Waals surface area contributed by atoms with Crippen LogP contribution in [0.4, 0.5) is 0 Å². The van der Waals surface area contributed by atoms with Crippen LogP contribution in [0.3, 0.4) is 0 Å². The predicted octanol–water partition coefficient (Wildman–Crippen LogP) is 1.24. The summed E-state index contributed by atoms with van der Waals surface area (Å²) in [6, 6.07) is 1.52. The first kappa shape index (κ1) is 9.75. The van der Waals surface area contributed by atoms with Crippen molar-refractivity contribution in [3.8, 4) is 0 Å². The second-order valence-corrected chi connectivity index (χ2v) is 3.69. The lowest BCUT2D eigenvalue weighted by molar-refractivity contribution is 0.243. The van der Waals surface area contributed by atoms with Crippen molar-refractivity contribution in [1.29, 1.82) is 0 Å². The molecule has 1 atom stereocenters. The Morgan fingerprint density at radius 3 is 2.83 bits per heavy atom. The fourth-order valence-corrected chi connectivity index (χ4v) is 1.38. The lowest BCUT2D eigenvalue weighted by atomic mass is 10.3. The van der Waals surface area contributed by atoms with Crippen molar-refractivity contribution in [2.24, 2.45) is 0 Å². The summed E-state index contributed by atoms with van der Waals surface area (Å²) in [6.07, 6.45) is 4.69. The van der Waals surface area contributed by atoms with E-state index in [4.69, 9.17) is 0 Å². The minimum atomic E-state index is 0.650. The van der Waals surface area contributed by atoms with Crippen molar-refractivity contribution in [2.75, 3.05) is 20.1 Å². The van der Waals surface area contributed by atoms with Crippen molar-refractivity contribution in [2.45, 2.75) is 31.8 Å². The monoisotopic (exact) mass is 168 g/mol. The Kier molecular flexibility index (Phi) is 3.76. The molecule has 0 spiro atoms. The molecule has 1 unspecified atom stereocenters. The number of nitrogens with one attached hydrogen (secondary N) is 1. The van der Waals surface area contributed by atoms with Gasteiger partial charge in [-0.15, -0.1) is 6.58 Å². The highest BCUT2D eigenvalue weighted by Gasteiger charge is 2.28. The van der Waals surface area contributed by atoms with E-state index in [2.05, 4.69) is 30.8 Å². The Hall–Kier alpha value is -0.340. The molecular formula is C10H20N2. The van der Waals surface area contributed by atoms with Gasteiger partial charge in [0.25, 0.3) is 0 Å². The Morgan fingerprint density at radius 1 is 1.67 bits per heavy atom. The first-order valence-electron chi connectivity index (χ1n) is 4.79. The molecular weight excluding hydrogens is 148 g/mol. The summed E-state index contributed by atoms with van der Waals surface area (Å²) < 4.78 is 0. The Bertz CT molecular complexity index is 141. The van der Waals surface area contributed by atoms with Crippen molar-refractivity contribution in [3.05, 3.63) is 12.7 Å². The van der Waals surface area contributed by atoms with Gasteiger partial charge in [0.2, 0.25) is 0 Å². The highest BCUT2D eigenvalue weighted by Crippen LogP contribution is 2.26. The molecule has 12 heavy (non-hydrogen) atoms. The zero-order chi connectivity index (χ0) is 8.97. The van der Waals surface area contributed by atoms with Gasteiger partial charge < -0.3 is 5.32 Å².